The van der Waals surface area contributed by atoms with Crippen LogP contribution in [-0.2, 0) is 6.54 Å². The fourth-order valence-electron chi connectivity index (χ4n) is 1.90. The first-order valence-corrected chi connectivity index (χ1v) is 6.80. The maximum atomic E-state index is 12.8. The van der Waals surface area contributed by atoms with Crippen molar-refractivity contribution in [3.8, 4) is 5.82 Å². The number of hydrogen-bond acceptors (Lipinski definition) is 4. The summed E-state index contributed by atoms with van der Waals surface area (Å²) in [4.78, 5) is 23.9. The van der Waals surface area contributed by atoms with Crippen LogP contribution in [-0.4, -0.2) is 25.6 Å². The summed E-state index contributed by atoms with van der Waals surface area (Å²) < 4.78 is 14.5. The second-order valence-electron chi connectivity index (χ2n) is 4.67. The molecule has 0 spiro atoms. The largest absolute Gasteiger partial charge is 0.334 e. The molecule has 0 radical (unpaired) electrons. The van der Waals surface area contributed by atoms with Gasteiger partial charge in [-0.1, -0.05) is 12.1 Å². The van der Waals surface area contributed by atoms with Crippen molar-refractivity contribution in [2.45, 2.75) is 6.54 Å². The molecule has 0 aliphatic heterocycles. The third kappa shape index (κ3) is 3.88. The van der Waals surface area contributed by atoms with Crippen molar-refractivity contribution in [1.29, 1.82) is 0 Å². The first-order chi connectivity index (χ1) is 11.2. The second-order valence-corrected chi connectivity index (χ2v) is 4.67. The lowest BCUT2D eigenvalue weighted by molar-refractivity contribution is 0.251. The molecule has 2 aromatic heterocycles. The summed E-state index contributed by atoms with van der Waals surface area (Å²) in [6.07, 6.45) is 6.32. The number of nitrogens with zero attached hydrogens (tertiary/aromatic N) is 4. The first kappa shape index (κ1) is 14.6. The van der Waals surface area contributed by atoms with Crippen molar-refractivity contribution < 1.29 is 9.18 Å². The summed E-state index contributed by atoms with van der Waals surface area (Å²) in [7, 11) is 0. The van der Waals surface area contributed by atoms with E-state index in [1.807, 2.05) is 0 Å². The molecule has 0 saturated carbocycles. The van der Waals surface area contributed by atoms with Crippen molar-refractivity contribution in [1.82, 2.24) is 24.8 Å². The zero-order chi connectivity index (χ0) is 16.1. The third-order valence-electron chi connectivity index (χ3n) is 3.03. The maximum Gasteiger partial charge on any atom is 0.320 e. The van der Waals surface area contributed by atoms with Crippen LogP contribution in [0.5, 0.6) is 0 Å². The third-order valence-corrected chi connectivity index (χ3v) is 3.03. The number of nitrogens with one attached hydrogen (secondary N) is 2. The standard InChI is InChI=1S/C15H13FN6O/c16-12-3-1-11(2-4-12)8-18-15(23)21-13-7-14(20-9-19-13)22-6-5-17-10-22/h1-7,9-10H,8H2,(H2,18,19,20,21,23). The summed E-state index contributed by atoms with van der Waals surface area (Å²) in [6.45, 7) is 0.283. The fourth-order valence-corrected chi connectivity index (χ4v) is 1.90. The van der Waals surface area contributed by atoms with Gasteiger partial charge in [-0.05, 0) is 17.7 Å². The zero-order valence-electron chi connectivity index (χ0n) is 12.0. The highest BCUT2D eigenvalue weighted by Crippen LogP contribution is 2.08. The highest BCUT2D eigenvalue weighted by molar-refractivity contribution is 5.88. The van der Waals surface area contributed by atoms with Gasteiger partial charge in [-0.25, -0.2) is 24.1 Å². The van der Waals surface area contributed by atoms with Gasteiger partial charge in [0.1, 0.15) is 30.1 Å². The Labute approximate surface area is 131 Å². The SMILES string of the molecule is O=C(NCc1ccc(F)cc1)Nc1cc(-n2ccnc2)ncn1. The highest BCUT2D eigenvalue weighted by atomic mass is 19.1. The fraction of sp³-hybridized carbons (Fsp3) is 0.0667. The Kier molecular flexibility index (Phi) is 4.23. The molecule has 0 bridgehead atoms. The Morgan fingerprint density at radius 2 is 2.04 bits per heavy atom. The quantitative estimate of drug-likeness (QED) is 0.773. The molecular formula is C15H13FN6O. The Hall–Kier alpha value is -3.29. The number of imidazole rings is 1. The summed E-state index contributed by atoms with van der Waals surface area (Å²) in [6, 6.07) is 7.12. The minimum atomic E-state index is -0.412. The van der Waals surface area contributed by atoms with Crippen molar-refractivity contribution in [3.05, 3.63) is 66.8 Å². The topological polar surface area (TPSA) is 84.7 Å². The van der Waals surface area contributed by atoms with Crippen LogP contribution in [0.15, 0.2) is 55.4 Å². The Balaban J connectivity index is 1.59. The monoisotopic (exact) mass is 312 g/mol. The number of benzene rings is 1. The van der Waals surface area contributed by atoms with Crippen LogP contribution in [0.4, 0.5) is 15.0 Å². The molecular weight excluding hydrogens is 299 g/mol. The van der Waals surface area contributed by atoms with Gasteiger partial charge >= 0.3 is 6.03 Å². The summed E-state index contributed by atoms with van der Waals surface area (Å²) in [5, 5.41) is 5.29. The highest BCUT2D eigenvalue weighted by Gasteiger charge is 2.05. The Morgan fingerprint density at radius 1 is 1.22 bits per heavy atom. The predicted octanol–water partition coefficient (Wildman–Crippen LogP) is 2.12. The lowest BCUT2D eigenvalue weighted by atomic mass is 10.2. The van der Waals surface area contributed by atoms with E-state index in [1.165, 1.54) is 18.5 Å². The van der Waals surface area contributed by atoms with E-state index in [1.54, 1.807) is 41.5 Å². The van der Waals surface area contributed by atoms with Gasteiger partial charge in [0.05, 0.1) is 0 Å². The molecule has 2 N–H and O–H groups in total. The average Bonchev–Trinajstić information content (AvgIpc) is 3.09. The van der Waals surface area contributed by atoms with Crippen molar-refractivity contribution in [2.24, 2.45) is 0 Å². The minimum absolute atomic E-state index is 0.283. The number of carbonyl (C=O) groups excluding carboxylic acids is 1. The predicted molar refractivity (Wildman–Crippen MR) is 81.4 cm³/mol. The van der Waals surface area contributed by atoms with Gasteiger partial charge in [0.15, 0.2) is 0 Å². The molecule has 23 heavy (non-hydrogen) atoms. The number of urea groups is 1. The van der Waals surface area contributed by atoms with E-state index >= 15 is 0 Å². The van der Waals surface area contributed by atoms with E-state index in [9.17, 15) is 9.18 Å². The molecule has 116 valence electrons. The van der Waals surface area contributed by atoms with E-state index in [-0.39, 0.29) is 12.4 Å². The number of rotatable bonds is 4. The van der Waals surface area contributed by atoms with Crippen LogP contribution in [0.3, 0.4) is 0 Å². The summed E-state index contributed by atoms with van der Waals surface area (Å²) in [5.74, 6) is 0.637. The first-order valence-electron chi connectivity index (χ1n) is 6.80. The van der Waals surface area contributed by atoms with Crippen LogP contribution in [0.25, 0.3) is 5.82 Å². The molecule has 0 aliphatic carbocycles. The molecule has 0 atom stereocenters. The van der Waals surface area contributed by atoms with Crippen molar-refractivity contribution >= 4 is 11.8 Å². The maximum absolute atomic E-state index is 12.8. The smallest absolute Gasteiger partial charge is 0.320 e. The number of amides is 2. The summed E-state index contributed by atoms with van der Waals surface area (Å²) in [5.41, 5.74) is 0.795. The van der Waals surface area contributed by atoms with Crippen molar-refractivity contribution in [2.75, 3.05) is 5.32 Å². The number of halogens is 1. The number of carbonyl (C=O) groups is 1. The second kappa shape index (κ2) is 6.65. The Morgan fingerprint density at radius 3 is 2.78 bits per heavy atom. The van der Waals surface area contributed by atoms with E-state index in [2.05, 4.69) is 25.6 Å². The molecule has 0 aliphatic rings. The zero-order valence-corrected chi connectivity index (χ0v) is 12.0. The van der Waals surface area contributed by atoms with Crippen LogP contribution in [0.2, 0.25) is 0 Å². The minimum Gasteiger partial charge on any atom is -0.334 e. The van der Waals surface area contributed by atoms with E-state index in [0.717, 1.165) is 5.56 Å². The van der Waals surface area contributed by atoms with Gasteiger partial charge in [0, 0.05) is 25.0 Å². The van der Waals surface area contributed by atoms with Crippen LogP contribution in [0.1, 0.15) is 5.56 Å². The molecule has 2 amide bonds. The van der Waals surface area contributed by atoms with Crippen LogP contribution >= 0.6 is 0 Å². The molecule has 0 fully saturated rings. The molecule has 1 aromatic carbocycles. The lowest BCUT2D eigenvalue weighted by Gasteiger charge is -2.08. The molecule has 8 heteroatoms. The Bertz CT molecular complexity index is 788. The molecule has 7 nitrogen and oxygen atoms in total. The molecule has 0 saturated heterocycles. The summed E-state index contributed by atoms with van der Waals surface area (Å²) >= 11 is 0. The van der Waals surface area contributed by atoms with Gasteiger partial charge in [-0.3, -0.25) is 9.88 Å². The van der Waals surface area contributed by atoms with Crippen molar-refractivity contribution in [3.63, 3.8) is 0 Å². The van der Waals surface area contributed by atoms with Gasteiger partial charge in [-0.2, -0.15) is 0 Å². The van der Waals surface area contributed by atoms with E-state index in [4.69, 9.17) is 0 Å². The van der Waals surface area contributed by atoms with Gasteiger partial charge in [-0.15, -0.1) is 0 Å². The van der Waals surface area contributed by atoms with Crippen LogP contribution < -0.4 is 10.6 Å². The molecule has 0 unspecified atom stereocenters. The normalized spacial score (nSPS) is 10.3. The number of anilines is 1. The molecule has 3 aromatic rings. The van der Waals surface area contributed by atoms with Gasteiger partial charge in [0.25, 0.3) is 0 Å². The molecule has 3 rings (SSSR count). The molecule has 2 heterocycles. The van der Waals surface area contributed by atoms with E-state index in [0.29, 0.717) is 11.6 Å². The van der Waals surface area contributed by atoms with Gasteiger partial charge in [0.2, 0.25) is 0 Å². The van der Waals surface area contributed by atoms with Gasteiger partial charge < -0.3 is 5.32 Å². The number of hydrogen-bond donors (Lipinski definition) is 2. The van der Waals surface area contributed by atoms with E-state index < -0.39 is 6.03 Å². The number of aromatic nitrogens is 4. The average molecular weight is 312 g/mol. The van der Waals surface area contributed by atoms with Crippen LogP contribution in [0, 0.1) is 5.82 Å². The lowest BCUT2D eigenvalue weighted by Crippen LogP contribution is -2.28.